The zero-order chi connectivity index (χ0) is 6.62. The highest BCUT2D eigenvalue weighted by atomic mass is 28.3. The van der Waals surface area contributed by atoms with E-state index >= 15 is 0 Å². The largest absolute Gasteiger partial charge is 0.0683 e. The molecule has 0 aliphatic heterocycles. The molecule has 0 unspecified atom stereocenters. The summed E-state index contributed by atoms with van der Waals surface area (Å²) in [7, 11) is 4.86. The van der Waals surface area contributed by atoms with Crippen LogP contribution in [0.2, 0.25) is 18.1 Å². The van der Waals surface area contributed by atoms with Gasteiger partial charge in [0.05, 0.1) is 7.44 Å². The van der Waals surface area contributed by atoms with Gasteiger partial charge in [-0.2, -0.15) is 0 Å². The van der Waals surface area contributed by atoms with Crippen molar-refractivity contribution in [1.82, 2.24) is 0 Å². The van der Waals surface area contributed by atoms with Gasteiger partial charge < -0.3 is 0 Å². The minimum absolute atomic E-state index is 1.17. The molecule has 0 saturated carbocycles. The zero-order valence-corrected chi connectivity index (χ0v) is 7.20. The Hall–Kier alpha value is 0.282. The molecule has 2 radical (unpaired) electrons. The Morgan fingerprint density at radius 2 is 1.25 bits per heavy atom. The third-order valence-electron chi connectivity index (χ3n) is 2.11. The Morgan fingerprint density at radius 3 is 1.25 bits per heavy atom. The molecule has 0 nitrogen and oxygen atoms in total. The lowest BCUT2D eigenvalue weighted by Gasteiger charge is -2.21. The first-order valence-corrected chi connectivity index (χ1v) is 6.17. The summed E-state index contributed by atoms with van der Waals surface area (Å²) in [6.45, 7) is 6.62. The van der Waals surface area contributed by atoms with Crippen molar-refractivity contribution in [2.24, 2.45) is 0 Å². The van der Waals surface area contributed by atoms with Gasteiger partial charge in [-0.05, 0) is 0 Å². The minimum atomic E-state index is -1.17. The van der Waals surface area contributed by atoms with Crippen LogP contribution in [0, 0.1) is 0 Å². The van der Waals surface area contributed by atoms with Crippen molar-refractivity contribution in [2.75, 3.05) is 0 Å². The van der Waals surface area contributed by atoms with Crippen LogP contribution in [0.25, 0.3) is 0 Å². The molecule has 0 saturated heterocycles. The predicted molar refractivity (Wildman–Crippen MR) is 43.0 cm³/mol. The normalized spacial score (nSPS) is 11.9. The van der Waals surface area contributed by atoms with Gasteiger partial charge >= 0.3 is 0 Å². The molecule has 8 heavy (non-hydrogen) atoms. The summed E-state index contributed by atoms with van der Waals surface area (Å²) in [6.07, 6.45) is 0. The van der Waals surface area contributed by atoms with E-state index in [4.69, 9.17) is 7.44 Å². The third-order valence-corrected chi connectivity index (χ3v) is 6.34. The van der Waals surface area contributed by atoms with Crippen LogP contribution >= 0.6 is 0 Å². The summed E-state index contributed by atoms with van der Waals surface area (Å²) in [5.74, 6) is 0. The van der Waals surface area contributed by atoms with E-state index in [0.717, 1.165) is 0 Å². The van der Waals surface area contributed by atoms with Crippen LogP contribution in [0.4, 0.5) is 0 Å². The number of rotatable bonds is 3. The van der Waals surface area contributed by atoms with E-state index in [0.29, 0.717) is 0 Å². The Morgan fingerprint density at radius 1 is 1.00 bits per heavy atom. The first-order chi connectivity index (χ1) is 3.68. The Kier molecular flexibility index (Phi) is 3.45. The van der Waals surface area contributed by atoms with Gasteiger partial charge in [-0.3, -0.25) is 0 Å². The third kappa shape index (κ3) is 2.03. The molecule has 0 aromatic rings. The highest BCUT2D eigenvalue weighted by Crippen LogP contribution is 2.14. The maximum Gasteiger partial charge on any atom is 0.0571 e. The summed E-state index contributed by atoms with van der Waals surface area (Å²) >= 11 is 0. The quantitative estimate of drug-likeness (QED) is 0.508. The van der Waals surface area contributed by atoms with Gasteiger partial charge in [0.25, 0.3) is 0 Å². The van der Waals surface area contributed by atoms with E-state index in [1.54, 1.807) is 0 Å². The topological polar surface area (TPSA) is 0 Å². The second-order valence-electron chi connectivity index (χ2n) is 2.42. The van der Waals surface area contributed by atoms with Gasteiger partial charge in [0.1, 0.15) is 0 Å². The molecule has 0 spiro atoms. The van der Waals surface area contributed by atoms with Crippen LogP contribution in [0.5, 0.6) is 0 Å². The fraction of sp³-hybridized carbons (Fsp3) is 1.00. The maximum absolute atomic E-state index is 6.03. The van der Waals surface area contributed by atoms with Crippen molar-refractivity contribution in [3.8, 4) is 0 Å². The van der Waals surface area contributed by atoms with E-state index in [2.05, 4.69) is 20.8 Å². The van der Waals surface area contributed by atoms with E-state index in [1.165, 1.54) is 18.1 Å². The lowest BCUT2D eigenvalue weighted by Crippen LogP contribution is -2.31. The number of hydrogen-bond donors (Lipinski definition) is 0. The van der Waals surface area contributed by atoms with E-state index < -0.39 is 7.94 Å². The van der Waals surface area contributed by atoms with Crippen LogP contribution in [0.1, 0.15) is 20.8 Å². The zero-order valence-electron chi connectivity index (χ0n) is 6.20. The highest BCUT2D eigenvalue weighted by Gasteiger charge is 2.17. The number of hydrogen-bond acceptors (Lipinski definition) is 0. The minimum Gasteiger partial charge on any atom is -0.0683 e. The van der Waals surface area contributed by atoms with Crippen molar-refractivity contribution in [3.05, 3.63) is 0 Å². The van der Waals surface area contributed by atoms with Crippen LogP contribution in [-0.2, 0) is 0 Å². The molecule has 0 rings (SSSR count). The summed E-state index contributed by atoms with van der Waals surface area (Å²) < 4.78 is 0. The van der Waals surface area contributed by atoms with Crippen molar-refractivity contribution in [3.63, 3.8) is 0 Å². The lowest BCUT2D eigenvalue weighted by molar-refractivity contribution is 1.22. The van der Waals surface area contributed by atoms with E-state index in [-0.39, 0.29) is 0 Å². The van der Waals surface area contributed by atoms with Gasteiger partial charge in [0, 0.05) is 7.94 Å². The van der Waals surface area contributed by atoms with Crippen LogP contribution in [-0.4, -0.2) is 15.4 Å². The molecule has 2 heteroatoms. The van der Waals surface area contributed by atoms with Crippen LogP contribution in [0.15, 0.2) is 0 Å². The van der Waals surface area contributed by atoms with Crippen molar-refractivity contribution < 1.29 is 0 Å². The molecule has 0 atom stereocenters. The fourth-order valence-corrected chi connectivity index (χ4v) is 2.25. The molecule has 0 aromatic carbocycles. The van der Waals surface area contributed by atoms with Crippen LogP contribution < -0.4 is 0 Å². The molecule has 0 fully saturated rings. The molecule has 0 N–H and O–H groups in total. The average molecular weight is 126 g/mol. The lowest BCUT2D eigenvalue weighted by atomic mass is 10.7. The van der Waals surface area contributed by atoms with Crippen molar-refractivity contribution in [2.45, 2.75) is 38.9 Å². The Bertz CT molecular complexity index is 51.3. The average Bonchev–Trinajstić information content (AvgIpc) is 1.87. The van der Waals surface area contributed by atoms with E-state index in [1.807, 2.05) is 0 Å². The fourth-order valence-electron chi connectivity index (χ4n) is 0.750. The molecule has 0 aliphatic carbocycles. The van der Waals surface area contributed by atoms with Crippen molar-refractivity contribution >= 4 is 15.4 Å². The Labute approximate surface area is 55.0 Å². The second-order valence-corrected chi connectivity index (χ2v) is 7.27. The van der Waals surface area contributed by atoms with Gasteiger partial charge in [0.2, 0.25) is 0 Å². The van der Waals surface area contributed by atoms with Gasteiger partial charge in [0.15, 0.2) is 0 Å². The molecule has 0 aromatic heterocycles. The standard InChI is InChI=1S/C6H15BSi/c1-4-8(7,5-2)6-3/h4-6H2,1-3H3. The van der Waals surface area contributed by atoms with Gasteiger partial charge in [-0.1, -0.05) is 38.9 Å². The summed E-state index contributed by atoms with van der Waals surface area (Å²) in [4.78, 5) is 0. The Balaban J connectivity index is 3.58. The maximum atomic E-state index is 6.03. The highest BCUT2D eigenvalue weighted by molar-refractivity contribution is 7.17. The molecule has 0 heterocycles. The molecule has 46 valence electrons. The molecular formula is C6H15BSi. The van der Waals surface area contributed by atoms with Crippen molar-refractivity contribution in [1.29, 1.82) is 0 Å². The SMILES string of the molecule is [B][Si](CC)(CC)CC. The smallest absolute Gasteiger partial charge is 0.0571 e. The van der Waals surface area contributed by atoms with E-state index in [9.17, 15) is 0 Å². The summed E-state index contributed by atoms with van der Waals surface area (Å²) in [5.41, 5.74) is 0. The molecule has 0 aliphatic rings. The monoisotopic (exact) mass is 126 g/mol. The summed E-state index contributed by atoms with van der Waals surface area (Å²) in [6, 6.07) is 3.71. The van der Waals surface area contributed by atoms with Crippen LogP contribution in [0.3, 0.4) is 0 Å². The van der Waals surface area contributed by atoms with Gasteiger partial charge in [-0.25, -0.2) is 0 Å². The van der Waals surface area contributed by atoms with Gasteiger partial charge in [-0.15, -0.1) is 0 Å². The molecule has 0 bridgehead atoms. The first kappa shape index (κ1) is 8.28. The first-order valence-electron chi connectivity index (χ1n) is 3.47. The molecule has 0 amide bonds. The predicted octanol–water partition coefficient (Wildman–Crippen LogP) is 2.16. The summed E-state index contributed by atoms with van der Waals surface area (Å²) in [5, 5.41) is 0. The second kappa shape index (κ2) is 3.34. The molecular weight excluding hydrogens is 111 g/mol.